The number of primary amides is 1. The van der Waals surface area contributed by atoms with Crippen LogP contribution in [0.2, 0.25) is 0 Å². The molecule has 0 radical (unpaired) electrons. The molecular weight excluding hydrogens is 190 g/mol. The van der Waals surface area contributed by atoms with Crippen molar-refractivity contribution < 1.29 is 4.79 Å². The van der Waals surface area contributed by atoms with E-state index in [1.54, 1.807) is 0 Å². The van der Waals surface area contributed by atoms with Crippen LogP contribution in [0.25, 0.3) is 0 Å². The minimum atomic E-state index is -0.150. The molecule has 0 aromatic heterocycles. The van der Waals surface area contributed by atoms with Crippen LogP contribution in [-0.4, -0.2) is 43.0 Å². The van der Waals surface area contributed by atoms with E-state index in [-0.39, 0.29) is 11.9 Å². The first-order valence-corrected chi connectivity index (χ1v) is 6.01. The monoisotopic (exact) mass is 211 g/mol. The van der Waals surface area contributed by atoms with Gasteiger partial charge >= 0.3 is 0 Å². The van der Waals surface area contributed by atoms with Gasteiger partial charge in [-0.05, 0) is 51.2 Å². The number of hydrogen-bond acceptors (Lipinski definition) is 3. The Morgan fingerprint density at radius 2 is 2.33 bits per heavy atom. The topological polar surface area (TPSA) is 58.4 Å². The molecule has 15 heavy (non-hydrogen) atoms. The number of amides is 1. The Bertz CT molecular complexity index is 226. The van der Waals surface area contributed by atoms with Crippen molar-refractivity contribution in [3.8, 4) is 0 Å². The molecule has 0 spiro atoms. The Balaban J connectivity index is 1.67. The minimum Gasteiger partial charge on any atom is -0.368 e. The molecular formula is C11H21N3O. The number of piperidine rings is 1. The molecule has 0 saturated carbocycles. The van der Waals surface area contributed by atoms with Gasteiger partial charge in [-0.15, -0.1) is 0 Å². The molecule has 1 amide bonds. The molecule has 2 saturated heterocycles. The summed E-state index contributed by atoms with van der Waals surface area (Å²) in [6.45, 7) is 4.41. The quantitative estimate of drug-likeness (QED) is 0.684. The van der Waals surface area contributed by atoms with Crippen LogP contribution < -0.4 is 11.1 Å². The van der Waals surface area contributed by atoms with Gasteiger partial charge in [-0.3, -0.25) is 9.69 Å². The molecule has 2 atom stereocenters. The Kier molecular flexibility index (Phi) is 3.59. The fourth-order valence-electron chi connectivity index (χ4n) is 2.55. The van der Waals surface area contributed by atoms with E-state index >= 15 is 0 Å². The zero-order chi connectivity index (χ0) is 10.7. The molecule has 0 aromatic carbocycles. The van der Waals surface area contributed by atoms with Crippen molar-refractivity contribution in [2.75, 3.05) is 26.2 Å². The standard InChI is InChI=1S/C11H21N3O/c12-11(15)10-4-7-14(10)6-3-9-2-1-5-13-8-9/h9-10,13H,1-8H2,(H2,12,15). The van der Waals surface area contributed by atoms with E-state index in [1.165, 1.54) is 25.8 Å². The molecule has 4 heteroatoms. The van der Waals surface area contributed by atoms with Gasteiger partial charge in [0.05, 0.1) is 6.04 Å². The third kappa shape index (κ3) is 2.69. The summed E-state index contributed by atoms with van der Waals surface area (Å²) in [5.41, 5.74) is 5.30. The number of rotatable bonds is 4. The second kappa shape index (κ2) is 4.94. The van der Waals surface area contributed by atoms with Crippen LogP contribution >= 0.6 is 0 Å². The largest absolute Gasteiger partial charge is 0.368 e. The number of likely N-dealkylation sites (tertiary alicyclic amines) is 1. The lowest BCUT2D eigenvalue weighted by molar-refractivity contribution is -0.127. The maximum atomic E-state index is 11.0. The van der Waals surface area contributed by atoms with Crippen LogP contribution in [0.1, 0.15) is 25.7 Å². The molecule has 2 rings (SSSR count). The number of nitrogens with two attached hydrogens (primary N) is 1. The highest BCUT2D eigenvalue weighted by molar-refractivity contribution is 5.80. The van der Waals surface area contributed by atoms with E-state index in [9.17, 15) is 4.79 Å². The molecule has 4 nitrogen and oxygen atoms in total. The fourth-order valence-corrected chi connectivity index (χ4v) is 2.55. The van der Waals surface area contributed by atoms with Gasteiger partial charge in [-0.1, -0.05) is 0 Å². The Morgan fingerprint density at radius 3 is 2.87 bits per heavy atom. The van der Waals surface area contributed by atoms with Crippen molar-refractivity contribution in [2.45, 2.75) is 31.7 Å². The van der Waals surface area contributed by atoms with Gasteiger partial charge in [0.15, 0.2) is 0 Å². The Morgan fingerprint density at radius 1 is 1.47 bits per heavy atom. The van der Waals surface area contributed by atoms with E-state index in [4.69, 9.17) is 5.73 Å². The molecule has 3 N–H and O–H groups in total. The van der Waals surface area contributed by atoms with Gasteiger partial charge in [0.2, 0.25) is 5.91 Å². The summed E-state index contributed by atoms with van der Waals surface area (Å²) in [6, 6.07) is 0.0292. The van der Waals surface area contributed by atoms with E-state index < -0.39 is 0 Å². The lowest BCUT2D eigenvalue weighted by atomic mass is 9.94. The number of nitrogens with zero attached hydrogens (tertiary/aromatic N) is 1. The van der Waals surface area contributed by atoms with Crippen LogP contribution in [-0.2, 0) is 4.79 Å². The average Bonchev–Trinajstić information content (AvgIpc) is 2.17. The van der Waals surface area contributed by atoms with Crippen LogP contribution in [0.3, 0.4) is 0 Å². The summed E-state index contributed by atoms with van der Waals surface area (Å²) in [5, 5.41) is 3.42. The van der Waals surface area contributed by atoms with Crippen molar-refractivity contribution in [3.63, 3.8) is 0 Å². The maximum absolute atomic E-state index is 11.0. The summed E-state index contributed by atoms with van der Waals surface area (Å²) in [7, 11) is 0. The number of hydrogen-bond donors (Lipinski definition) is 2. The van der Waals surface area contributed by atoms with E-state index in [1.807, 2.05) is 0 Å². The lowest BCUT2D eigenvalue weighted by Gasteiger charge is -2.39. The van der Waals surface area contributed by atoms with Gasteiger partial charge in [-0.2, -0.15) is 0 Å². The first kappa shape index (κ1) is 10.9. The van der Waals surface area contributed by atoms with Crippen molar-refractivity contribution in [1.29, 1.82) is 0 Å². The average molecular weight is 211 g/mol. The highest BCUT2D eigenvalue weighted by Gasteiger charge is 2.32. The third-order valence-electron chi connectivity index (χ3n) is 3.68. The molecule has 2 aliphatic rings. The fraction of sp³-hybridized carbons (Fsp3) is 0.909. The number of carbonyl (C=O) groups excluding carboxylic acids is 1. The summed E-state index contributed by atoms with van der Waals surface area (Å²) in [5.74, 6) is 0.649. The predicted octanol–water partition coefficient (Wildman–Crippen LogP) is -0.0643. The Hall–Kier alpha value is -0.610. The van der Waals surface area contributed by atoms with E-state index in [0.29, 0.717) is 0 Å². The molecule has 2 heterocycles. The lowest BCUT2D eigenvalue weighted by Crippen LogP contribution is -2.55. The van der Waals surface area contributed by atoms with Crippen LogP contribution in [0, 0.1) is 5.92 Å². The van der Waals surface area contributed by atoms with Crippen molar-refractivity contribution in [2.24, 2.45) is 11.7 Å². The van der Waals surface area contributed by atoms with E-state index in [2.05, 4.69) is 10.2 Å². The summed E-state index contributed by atoms with van der Waals surface area (Å²) >= 11 is 0. The summed E-state index contributed by atoms with van der Waals surface area (Å²) in [6.07, 6.45) is 4.79. The van der Waals surface area contributed by atoms with Crippen LogP contribution in [0.4, 0.5) is 0 Å². The third-order valence-corrected chi connectivity index (χ3v) is 3.68. The second-order valence-corrected chi connectivity index (χ2v) is 4.74. The Labute approximate surface area is 91.2 Å². The van der Waals surface area contributed by atoms with Crippen molar-refractivity contribution in [1.82, 2.24) is 10.2 Å². The maximum Gasteiger partial charge on any atom is 0.234 e. The smallest absolute Gasteiger partial charge is 0.234 e. The van der Waals surface area contributed by atoms with Gasteiger partial charge in [-0.25, -0.2) is 0 Å². The highest BCUT2D eigenvalue weighted by atomic mass is 16.1. The zero-order valence-corrected chi connectivity index (χ0v) is 9.24. The van der Waals surface area contributed by atoms with Crippen molar-refractivity contribution in [3.05, 3.63) is 0 Å². The van der Waals surface area contributed by atoms with Crippen LogP contribution in [0.5, 0.6) is 0 Å². The van der Waals surface area contributed by atoms with Gasteiger partial charge in [0.25, 0.3) is 0 Å². The molecule has 2 unspecified atom stereocenters. The van der Waals surface area contributed by atoms with Gasteiger partial charge in [0, 0.05) is 6.54 Å². The number of carbonyl (C=O) groups is 1. The summed E-state index contributed by atoms with van der Waals surface area (Å²) in [4.78, 5) is 13.2. The first-order valence-electron chi connectivity index (χ1n) is 6.01. The highest BCUT2D eigenvalue weighted by Crippen LogP contribution is 2.20. The zero-order valence-electron chi connectivity index (χ0n) is 9.24. The molecule has 0 bridgehead atoms. The molecule has 0 aromatic rings. The molecule has 86 valence electrons. The summed E-state index contributed by atoms with van der Waals surface area (Å²) < 4.78 is 0. The second-order valence-electron chi connectivity index (χ2n) is 4.74. The van der Waals surface area contributed by atoms with Gasteiger partial charge in [0.1, 0.15) is 0 Å². The molecule has 2 aliphatic heterocycles. The predicted molar refractivity (Wildman–Crippen MR) is 59.4 cm³/mol. The van der Waals surface area contributed by atoms with Crippen LogP contribution in [0.15, 0.2) is 0 Å². The van der Waals surface area contributed by atoms with Gasteiger partial charge < -0.3 is 11.1 Å². The number of nitrogens with one attached hydrogen (secondary N) is 1. The van der Waals surface area contributed by atoms with Crippen molar-refractivity contribution >= 4 is 5.91 Å². The normalized spacial score (nSPS) is 32.3. The van der Waals surface area contributed by atoms with E-state index in [0.717, 1.165) is 32.0 Å². The SMILES string of the molecule is NC(=O)C1CCN1CCC1CCCNC1. The minimum absolute atomic E-state index is 0.0292. The molecule has 2 fully saturated rings. The molecule has 0 aliphatic carbocycles. The first-order chi connectivity index (χ1) is 7.27.